The van der Waals surface area contributed by atoms with Gasteiger partial charge in [0.25, 0.3) is 0 Å². The average molecular weight is 219 g/mol. The predicted molar refractivity (Wildman–Crippen MR) is 66.8 cm³/mol. The molecule has 0 amide bonds. The summed E-state index contributed by atoms with van der Waals surface area (Å²) in [5.74, 6) is 0.615. The van der Waals surface area contributed by atoms with Gasteiger partial charge in [-0.15, -0.1) is 0 Å². The monoisotopic (exact) mass is 219 g/mol. The van der Waals surface area contributed by atoms with Crippen LogP contribution in [0.25, 0.3) is 0 Å². The summed E-state index contributed by atoms with van der Waals surface area (Å²) in [6.07, 6.45) is 1.12. The fraction of sp³-hybridized carbons (Fsp3) is 0.571. The van der Waals surface area contributed by atoms with Crippen molar-refractivity contribution in [3.05, 3.63) is 34.9 Å². The number of aryl methyl sites for hydroxylation is 2. The molecule has 2 nitrogen and oxygen atoms in total. The van der Waals surface area contributed by atoms with Gasteiger partial charge < -0.3 is 10.1 Å². The second kappa shape index (κ2) is 5.46. The van der Waals surface area contributed by atoms with Crippen LogP contribution in [0, 0.1) is 19.8 Å². The number of hydrogen-bond donors (Lipinski definition) is 1. The molecule has 1 N–H and O–H groups in total. The summed E-state index contributed by atoms with van der Waals surface area (Å²) in [5, 5.41) is 3.42. The number of rotatable bonds is 2. The molecule has 1 atom stereocenters. The highest BCUT2D eigenvalue weighted by molar-refractivity contribution is 5.30. The van der Waals surface area contributed by atoms with E-state index in [0.29, 0.717) is 5.92 Å². The van der Waals surface area contributed by atoms with E-state index in [4.69, 9.17) is 4.74 Å². The molecule has 0 bridgehead atoms. The van der Waals surface area contributed by atoms with Gasteiger partial charge >= 0.3 is 0 Å². The van der Waals surface area contributed by atoms with E-state index in [2.05, 4.69) is 37.4 Å². The Kier molecular flexibility index (Phi) is 3.97. The molecule has 2 heteroatoms. The van der Waals surface area contributed by atoms with Gasteiger partial charge in [-0.3, -0.25) is 0 Å². The lowest BCUT2D eigenvalue weighted by molar-refractivity contribution is 0.123. The molecule has 1 aromatic rings. The zero-order chi connectivity index (χ0) is 11.4. The van der Waals surface area contributed by atoms with E-state index in [0.717, 1.165) is 32.7 Å². The number of ether oxygens (including phenoxy) is 1. The molecule has 1 aliphatic heterocycles. The van der Waals surface area contributed by atoms with Gasteiger partial charge in [0.1, 0.15) is 0 Å². The first-order chi connectivity index (χ1) is 7.75. The molecule has 16 heavy (non-hydrogen) atoms. The molecule has 0 aromatic heterocycles. The Labute approximate surface area is 98.0 Å². The van der Waals surface area contributed by atoms with Crippen LogP contribution in [0.4, 0.5) is 0 Å². The van der Waals surface area contributed by atoms with E-state index in [1.165, 1.54) is 16.7 Å². The smallest absolute Gasteiger partial charge is 0.0591 e. The Morgan fingerprint density at radius 3 is 3.06 bits per heavy atom. The summed E-state index contributed by atoms with van der Waals surface area (Å²) >= 11 is 0. The van der Waals surface area contributed by atoms with Crippen molar-refractivity contribution in [2.45, 2.75) is 20.3 Å². The first-order valence-electron chi connectivity index (χ1n) is 6.10. The third kappa shape index (κ3) is 3.06. The van der Waals surface area contributed by atoms with Gasteiger partial charge in [0.05, 0.1) is 13.2 Å². The highest BCUT2D eigenvalue weighted by atomic mass is 16.5. The van der Waals surface area contributed by atoms with Crippen molar-refractivity contribution in [3.8, 4) is 0 Å². The summed E-state index contributed by atoms with van der Waals surface area (Å²) in [4.78, 5) is 0. The largest absolute Gasteiger partial charge is 0.380 e. The molecule has 0 aliphatic carbocycles. The predicted octanol–water partition coefficient (Wildman–Crippen LogP) is 2.08. The van der Waals surface area contributed by atoms with Gasteiger partial charge in [-0.1, -0.05) is 23.8 Å². The zero-order valence-corrected chi connectivity index (χ0v) is 10.3. The minimum atomic E-state index is 0.615. The summed E-state index contributed by atoms with van der Waals surface area (Å²) in [6.45, 7) is 8.15. The lowest BCUT2D eigenvalue weighted by Crippen LogP contribution is -2.24. The lowest BCUT2D eigenvalue weighted by atomic mass is 9.95. The molecule has 0 radical (unpaired) electrons. The van der Waals surface area contributed by atoms with Crippen molar-refractivity contribution in [2.24, 2.45) is 5.92 Å². The molecule has 1 saturated heterocycles. The summed E-state index contributed by atoms with van der Waals surface area (Å²) in [7, 11) is 0. The maximum Gasteiger partial charge on any atom is 0.0591 e. The Morgan fingerprint density at radius 2 is 2.25 bits per heavy atom. The van der Waals surface area contributed by atoms with Gasteiger partial charge in [0.2, 0.25) is 0 Å². The van der Waals surface area contributed by atoms with Crippen LogP contribution in [0.3, 0.4) is 0 Å². The van der Waals surface area contributed by atoms with Gasteiger partial charge in [0.15, 0.2) is 0 Å². The van der Waals surface area contributed by atoms with Crippen molar-refractivity contribution in [1.82, 2.24) is 5.32 Å². The van der Waals surface area contributed by atoms with Gasteiger partial charge in [-0.05, 0) is 37.3 Å². The van der Waals surface area contributed by atoms with E-state index < -0.39 is 0 Å². The highest BCUT2D eigenvalue weighted by Crippen LogP contribution is 2.16. The van der Waals surface area contributed by atoms with E-state index in [9.17, 15) is 0 Å². The minimum absolute atomic E-state index is 0.615. The molecule has 2 rings (SSSR count). The topological polar surface area (TPSA) is 21.3 Å². The standard InChI is InChI=1S/C14H21NO/c1-11-3-4-14(12(2)7-11)8-13-9-15-5-6-16-10-13/h3-4,7,13,15H,5-6,8-10H2,1-2H3. The molecule has 1 heterocycles. The first-order valence-corrected chi connectivity index (χ1v) is 6.10. The maximum atomic E-state index is 5.58. The molecule has 1 aromatic carbocycles. The molecule has 1 fully saturated rings. The van der Waals surface area contributed by atoms with Crippen LogP contribution < -0.4 is 5.32 Å². The molecule has 0 spiro atoms. The quantitative estimate of drug-likeness (QED) is 0.822. The summed E-state index contributed by atoms with van der Waals surface area (Å²) < 4.78 is 5.58. The molecule has 1 unspecified atom stereocenters. The van der Waals surface area contributed by atoms with Crippen molar-refractivity contribution >= 4 is 0 Å². The third-order valence-electron chi connectivity index (χ3n) is 3.22. The van der Waals surface area contributed by atoms with Crippen LogP contribution >= 0.6 is 0 Å². The maximum absolute atomic E-state index is 5.58. The van der Waals surface area contributed by atoms with Gasteiger partial charge in [-0.25, -0.2) is 0 Å². The molecular weight excluding hydrogens is 198 g/mol. The second-order valence-electron chi connectivity index (χ2n) is 4.78. The molecular formula is C14H21NO. The molecule has 1 aliphatic rings. The number of hydrogen-bond acceptors (Lipinski definition) is 2. The van der Waals surface area contributed by atoms with Crippen LogP contribution in [-0.4, -0.2) is 26.3 Å². The van der Waals surface area contributed by atoms with Crippen LogP contribution in [0.1, 0.15) is 16.7 Å². The Bertz CT molecular complexity index is 341. The third-order valence-corrected chi connectivity index (χ3v) is 3.22. The van der Waals surface area contributed by atoms with Crippen molar-refractivity contribution in [3.63, 3.8) is 0 Å². The van der Waals surface area contributed by atoms with Crippen molar-refractivity contribution in [1.29, 1.82) is 0 Å². The number of benzene rings is 1. The Morgan fingerprint density at radius 1 is 1.38 bits per heavy atom. The summed E-state index contributed by atoms with van der Waals surface area (Å²) in [6, 6.07) is 6.73. The fourth-order valence-electron chi connectivity index (χ4n) is 2.28. The Balaban J connectivity index is 2.01. The van der Waals surface area contributed by atoms with E-state index in [-0.39, 0.29) is 0 Å². The van der Waals surface area contributed by atoms with Crippen molar-refractivity contribution < 1.29 is 4.74 Å². The lowest BCUT2D eigenvalue weighted by Gasteiger charge is -2.15. The molecule has 0 saturated carbocycles. The highest BCUT2D eigenvalue weighted by Gasteiger charge is 2.13. The van der Waals surface area contributed by atoms with Gasteiger partial charge in [-0.2, -0.15) is 0 Å². The number of nitrogens with one attached hydrogen (secondary N) is 1. The van der Waals surface area contributed by atoms with Crippen LogP contribution in [0.15, 0.2) is 18.2 Å². The Hall–Kier alpha value is -0.860. The van der Waals surface area contributed by atoms with Crippen molar-refractivity contribution in [2.75, 3.05) is 26.3 Å². The fourth-order valence-corrected chi connectivity index (χ4v) is 2.28. The van der Waals surface area contributed by atoms with E-state index in [1.54, 1.807) is 0 Å². The molecule has 88 valence electrons. The minimum Gasteiger partial charge on any atom is -0.380 e. The van der Waals surface area contributed by atoms with Crippen LogP contribution in [0.5, 0.6) is 0 Å². The van der Waals surface area contributed by atoms with Gasteiger partial charge in [0, 0.05) is 13.1 Å². The zero-order valence-electron chi connectivity index (χ0n) is 10.3. The van der Waals surface area contributed by atoms with Crippen LogP contribution in [-0.2, 0) is 11.2 Å². The average Bonchev–Trinajstić information content (AvgIpc) is 2.51. The van der Waals surface area contributed by atoms with E-state index in [1.807, 2.05) is 0 Å². The van der Waals surface area contributed by atoms with Crippen LogP contribution in [0.2, 0.25) is 0 Å². The first kappa shape index (κ1) is 11.6. The summed E-state index contributed by atoms with van der Waals surface area (Å²) in [5.41, 5.74) is 4.21. The second-order valence-corrected chi connectivity index (χ2v) is 4.78. The normalized spacial score (nSPS) is 21.8. The van der Waals surface area contributed by atoms with E-state index >= 15 is 0 Å². The SMILES string of the molecule is Cc1ccc(CC2CNCCOC2)c(C)c1.